The Labute approximate surface area is 122 Å². The Hall–Kier alpha value is -2.55. The van der Waals surface area contributed by atoms with Crippen LogP contribution in [0.15, 0.2) is 53.5 Å². The maximum Gasteiger partial charge on any atom is 0.323 e. The van der Waals surface area contributed by atoms with Gasteiger partial charge in [0.15, 0.2) is 0 Å². The molecule has 2 N–H and O–H groups in total. The summed E-state index contributed by atoms with van der Waals surface area (Å²) >= 11 is 0. The third kappa shape index (κ3) is 2.02. The normalized spacial score (nSPS) is 16.9. The second-order valence-electron chi connectivity index (χ2n) is 5.44. The van der Waals surface area contributed by atoms with E-state index in [1.807, 2.05) is 18.2 Å². The first-order chi connectivity index (χ1) is 10.3. The van der Waals surface area contributed by atoms with Gasteiger partial charge in [0.1, 0.15) is 0 Å². The maximum atomic E-state index is 11.4. The van der Waals surface area contributed by atoms with Gasteiger partial charge in [0.25, 0.3) is 0 Å². The molecule has 0 fully saturated rings. The molecule has 3 aromatic rings. The van der Waals surface area contributed by atoms with E-state index in [9.17, 15) is 4.79 Å². The van der Waals surface area contributed by atoms with Gasteiger partial charge in [0.05, 0.1) is 5.69 Å². The molecule has 1 unspecified atom stereocenters. The zero-order valence-corrected chi connectivity index (χ0v) is 11.5. The van der Waals surface area contributed by atoms with E-state index in [-0.39, 0.29) is 5.69 Å². The molecule has 0 aliphatic heterocycles. The largest absolute Gasteiger partial charge is 0.323 e. The minimum Gasteiger partial charge on any atom is -0.312 e. The highest BCUT2D eigenvalue weighted by atomic mass is 16.1. The van der Waals surface area contributed by atoms with Crippen molar-refractivity contribution in [1.29, 1.82) is 0 Å². The highest BCUT2D eigenvalue weighted by Crippen LogP contribution is 2.40. The molecule has 1 aliphatic carbocycles. The van der Waals surface area contributed by atoms with Crippen LogP contribution in [0.5, 0.6) is 0 Å². The lowest BCUT2D eigenvalue weighted by Crippen LogP contribution is -2.02. The molecule has 4 rings (SSSR count). The first kappa shape index (κ1) is 12.2. The van der Waals surface area contributed by atoms with Crippen LogP contribution >= 0.6 is 0 Å². The maximum absolute atomic E-state index is 11.4. The highest BCUT2D eigenvalue weighted by molar-refractivity contribution is 5.65. The Kier molecular flexibility index (Phi) is 2.78. The summed E-state index contributed by atoms with van der Waals surface area (Å²) in [5.41, 5.74) is 5.69. The molecule has 1 radical (unpaired) electrons. The van der Waals surface area contributed by atoms with Crippen molar-refractivity contribution in [1.82, 2.24) is 9.97 Å². The summed E-state index contributed by atoms with van der Waals surface area (Å²) in [6.45, 7) is 0. The van der Waals surface area contributed by atoms with Crippen molar-refractivity contribution in [2.45, 2.75) is 18.8 Å². The van der Waals surface area contributed by atoms with Gasteiger partial charge in [-0.15, -0.1) is 0 Å². The van der Waals surface area contributed by atoms with E-state index in [0.717, 1.165) is 29.7 Å². The Bertz CT molecular complexity index is 844. The number of fused-ring (bicyclic) bond motifs is 1. The van der Waals surface area contributed by atoms with Crippen LogP contribution in [0.3, 0.4) is 0 Å². The number of aromatic nitrogens is 2. The predicted octanol–water partition coefficient (Wildman–Crippen LogP) is 3.25. The number of nitrogens with one attached hydrogen (secondary N) is 2. The van der Waals surface area contributed by atoms with Crippen LogP contribution in [-0.4, -0.2) is 9.97 Å². The van der Waals surface area contributed by atoms with Gasteiger partial charge >= 0.3 is 5.69 Å². The number of hydrogen-bond donors (Lipinski definition) is 2. The van der Waals surface area contributed by atoms with E-state index in [1.165, 1.54) is 11.1 Å². The Morgan fingerprint density at radius 2 is 2.05 bits per heavy atom. The van der Waals surface area contributed by atoms with Gasteiger partial charge < -0.3 is 9.97 Å². The first-order valence-electron chi connectivity index (χ1n) is 7.19. The molecule has 21 heavy (non-hydrogen) atoms. The quantitative estimate of drug-likeness (QED) is 0.741. The van der Waals surface area contributed by atoms with E-state index < -0.39 is 0 Å². The van der Waals surface area contributed by atoms with Gasteiger partial charge in [-0.2, -0.15) is 0 Å². The number of H-pyrrole nitrogens is 2. The lowest BCUT2D eigenvalue weighted by atomic mass is 9.88. The number of imidazole rings is 1. The molecule has 1 heterocycles. The average molecular weight is 275 g/mol. The van der Waals surface area contributed by atoms with E-state index >= 15 is 0 Å². The molecule has 1 aliphatic rings. The molecule has 3 heteroatoms. The van der Waals surface area contributed by atoms with Crippen LogP contribution in [0.4, 0.5) is 0 Å². The number of rotatable bonds is 2. The highest BCUT2D eigenvalue weighted by Gasteiger charge is 2.25. The van der Waals surface area contributed by atoms with Crippen LogP contribution in [0.2, 0.25) is 0 Å². The fourth-order valence-corrected chi connectivity index (χ4v) is 3.31. The summed E-state index contributed by atoms with van der Waals surface area (Å²) in [7, 11) is 0. The lowest BCUT2D eigenvalue weighted by molar-refractivity contribution is 0.788. The molecule has 1 atom stereocenters. The monoisotopic (exact) mass is 275 g/mol. The molecule has 0 spiro atoms. The van der Waals surface area contributed by atoms with Crippen molar-refractivity contribution in [3.8, 4) is 11.3 Å². The molecule has 1 aromatic heterocycles. The van der Waals surface area contributed by atoms with Crippen molar-refractivity contribution in [3.05, 3.63) is 81.9 Å². The second-order valence-corrected chi connectivity index (χ2v) is 5.44. The third-order valence-electron chi connectivity index (χ3n) is 4.26. The number of aromatic amines is 2. The van der Waals surface area contributed by atoms with Crippen LogP contribution in [0.1, 0.15) is 29.0 Å². The molecule has 3 nitrogen and oxygen atoms in total. The van der Waals surface area contributed by atoms with Crippen LogP contribution in [0.25, 0.3) is 11.3 Å². The van der Waals surface area contributed by atoms with Crippen molar-refractivity contribution in [2.24, 2.45) is 0 Å². The molecule has 103 valence electrons. The number of hydrogen-bond acceptors (Lipinski definition) is 1. The van der Waals surface area contributed by atoms with Gasteiger partial charge in [-0.1, -0.05) is 42.5 Å². The lowest BCUT2D eigenvalue weighted by Gasteiger charge is -2.15. The fourth-order valence-electron chi connectivity index (χ4n) is 3.31. The van der Waals surface area contributed by atoms with Crippen molar-refractivity contribution in [2.75, 3.05) is 0 Å². The van der Waals surface area contributed by atoms with E-state index in [0.29, 0.717) is 5.92 Å². The fraction of sp³-hybridized carbons (Fsp3) is 0.167. The van der Waals surface area contributed by atoms with E-state index in [2.05, 4.69) is 40.3 Å². The number of benzene rings is 2. The van der Waals surface area contributed by atoms with Crippen molar-refractivity contribution >= 4 is 0 Å². The summed E-state index contributed by atoms with van der Waals surface area (Å²) in [6, 6.07) is 18.0. The minimum absolute atomic E-state index is 0.174. The van der Waals surface area contributed by atoms with Crippen LogP contribution < -0.4 is 5.69 Å². The minimum atomic E-state index is -0.174. The van der Waals surface area contributed by atoms with Crippen LogP contribution in [-0.2, 0) is 6.42 Å². The summed E-state index contributed by atoms with van der Waals surface area (Å²) in [4.78, 5) is 16.9. The summed E-state index contributed by atoms with van der Waals surface area (Å²) in [5.74, 6) is 0.357. The Morgan fingerprint density at radius 3 is 2.90 bits per heavy atom. The molecular weight excluding hydrogens is 260 g/mol. The molecule has 0 bridgehead atoms. The first-order valence-corrected chi connectivity index (χ1v) is 7.19. The van der Waals surface area contributed by atoms with Crippen LogP contribution in [0, 0.1) is 6.07 Å². The smallest absolute Gasteiger partial charge is 0.312 e. The van der Waals surface area contributed by atoms with Gasteiger partial charge in [0.2, 0.25) is 0 Å². The van der Waals surface area contributed by atoms with Crippen molar-refractivity contribution in [3.63, 3.8) is 0 Å². The topological polar surface area (TPSA) is 48.6 Å². The zero-order valence-electron chi connectivity index (χ0n) is 11.5. The summed E-state index contributed by atoms with van der Waals surface area (Å²) in [6.07, 6.45) is 3.93. The molecule has 0 amide bonds. The van der Waals surface area contributed by atoms with Gasteiger partial charge in [0, 0.05) is 17.7 Å². The molecular formula is C18H15N2O. The predicted molar refractivity (Wildman–Crippen MR) is 82.3 cm³/mol. The second kappa shape index (κ2) is 4.77. The van der Waals surface area contributed by atoms with Gasteiger partial charge in [-0.3, -0.25) is 0 Å². The SMILES string of the molecule is O=c1[nH]cc(-c2ccc[c]c2C2CCc3ccccc32)[nH]1. The summed E-state index contributed by atoms with van der Waals surface area (Å²) in [5, 5.41) is 0. The average Bonchev–Trinajstić information content (AvgIpc) is 3.13. The van der Waals surface area contributed by atoms with Gasteiger partial charge in [-0.25, -0.2) is 4.79 Å². The third-order valence-corrected chi connectivity index (χ3v) is 4.26. The number of aryl methyl sites for hydroxylation is 1. The van der Waals surface area contributed by atoms with Crippen molar-refractivity contribution < 1.29 is 0 Å². The Balaban J connectivity index is 1.86. The van der Waals surface area contributed by atoms with E-state index in [1.54, 1.807) is 6.20 Å². The van der Waals surface area contributed by atoms with E-state index in [4.69, 9.17) is 0 Å². The standard InChI is InChI=1S/C18H15N2O/c21-18-19-11-17(20-18)16-8-4-3-7-14(16)15-10-9-12-5-1-2-6-13(12)15/h1-6,8,11,15H,9-10H2,(H2,19,20,21). The van der Waals surface area contributed by atoms with Gasteiger partial charge in [-0.05, 0) is 35.6 Å². The molecule has 2 aromatic carbocycles. The molecule has 0 saturated carbocycles. The Morgan fingerprint density at radius 1 is 1.14 bits per heavy atom. The molecule has 0 saturated heterocycles. The summed E-state index contributed by atoms with van der Waals surface area (Å²) < 4.78 is 0. The zero-order chi connectivity index (χ0) is 14.2.